The van der Waals surface area contributed by atoms with E-state index in [1.54, 1.807) is 17.9 Å². The molecule has 0 atom stereocenters. The van der Waals surface area contributed by atoms with Crippen molar-refractivity contribution in [1.82, 2.24) is 9.97 Å². The molecule has 2 rings (SSSR count). The van der Waals surface area contributed by atoms with Crippen LogP contribution in [0.2, 0.25) is 0 Å². The Balaban J connectivity index is 2.53. The van der Waals surface area contributed by atoms with Gasteiger partial charge in [-0.1, -0.05) is 0 Å². The summed E-state index contributed by atoms with van der Waals surface area (Å²) in [6.45, 7) is 0. The molecule has 0 saturated carbocycles. The maximum absolute atomic E-state index is 5.74. The third-order valence-corrected chi connectivity index (χ3v) is 2.66. The van der Waals surface area contributed by atoms with Crippen LogP contribution in [0.15, 0.2) is 28.4 Å². The molecule has 0 saturated heterocycles. The van der Waals surface area contributed by atoms with Crippen LogP contribution in [0.25, 0.3) is 11.3 Å². The summed E-state index contributed by atoms with van der Waals surface area (Å²) in [7, 11) is 0. The smallest absolute Gasteiger partial charge is 0.114 e. The van der Waals surface area contributed by atoms with Crippen molar-refractivity contribution in [2.75, 3.05) is 5.73 Å². The van der Waals surface area contributed by atoms with Crippen molar-refractivity contribution in [2.45, 2.75) is 0 Å². The summed E-state index contributed by atoms with van der Waals surface area (Å²) in [6.07, 6.45) is 3.47. The first-order valence-electron chi connectivity index (χ1n) is 3.57. The molecular formula is C8H6BrN3S. The Morgan fingerprint density at radius 3 is 2.85 bits per heavy atom. The minimum Gasteiger partial charge on any atom is -0.389 e. The van der Waals surface area contributed by atoms with Gasteiger partial charge in [0.05, 0.1) is 5.51 Å². The van der Waals surface area contributed by atoms with Crippen molar-refractivity contribution in [3.8, 4) is 11.3 Å². The molecule has 3 nitrogen and oxygen atoms in total. The van der Waals surface area contributed by atoms with Gasteiger partial charge in [-0.2, -0.15) is 0 Å². The molecule has 66 valence electrons. The molecule has 2 aromatic heterocycles. The molecule has 0 radical (unpaired) electrons. The summed E-state index contributed by atoms with van der Waals surface area (Å²) in [4.78, 5) is 8.20. The van der Waals surface area contributed by atoms with Crippen molar-refractivity contribution in [3.63, 3.8) is 0 Å². The number of nitrogens with two attached hydrogens (primary N) is 1. The Morgan fingerprint density at radius 2 is 2.23 bits per heavy atom. The predicted molar refractivity (Wildman–Crippen MR) is 57.5 cm³/mol. The lowest BCUT2D eigenvalue weighted by atomic mass is 10.2. The van der Waals surface area contributed by atoms with Crippen LogP contribution in [0.4, 0.5) is 5.00 Å². The quantitative estimate of drug-likeness (QED) is 0.853. The van der Waals surface area contributed by atoms with Gasteiger partial charge in [0.2, 0.25) is 0 Å². The van der Waals surface area contributed by atoms with Gasteiger partial charge in [-0.3, -0.25) is 4.98 Å². The highest BCUT2D eigenvalue weighted by atomic mass is 79.9. The average molecular weight is 256 g/mol. The number of nitrogen functional groups attached to an aromatic ring is 1. The molecule has 0 fully saturated rings. The molecule has 13 heavy (non-hydrogen) atoms. The zero-order valence-corrected chi connectivity index (χ0v) is 8.97. The summed E-state index contributed by atoms with van der Waals surface area (Å²) >= 11 is 4.77. The van der Waals surface area contributed by atoms with Gasteiger partial charge in [-0.25, -0.2) is 4.98 Å². The number of thiazole rings is 1. The lowest BCUT2D eigenvalue weighted by molar-refractivity contribution is 1.29. The fourth-order valence-electron chi connectivity index (χ4n) is 1.01. The van der Waals surface area contributed by atoms with Crippen LogP contribution in [0, 0.1) is 0 Å². The fourth-order valence-corrected chi connectivity index (χ4v) is 1.93. The van der Waals surface area contributed by atoms with Crippen molar-refractivity contribution < 1.29 is 0 Å². The minimum atomic E-state index is 0.722. The van der Waals surface area contributed by atoms with E-state index < -0.39 is 0 Å². The molecule has 0 aliphatic rings. The fraction of sp³-hybridized carbons (Fsp3) is 0. The van der Waals surface area contributed by atoms with Crippen LogP contribution < -0.4 is 5.73 Å². The predicted octanol–water partition coefficient (Wildman–Crippen LogP) is 2.55. The van der Waals surface area contributed by atoms with E-state index in [1.807, 2.05) is 6.07 Å². The Labute approximate surface area is 87.8 Å². The van der Waals surface area contributed by atoms with E-state index in [0.717, 1.165) is 20.7 Å². The molecule has 0 spiro atoms. The molecule has 0 aliphatic heterocycles. The normalized spacial score (nSPS) is 10.2. The van der Waals surface area contributed by atoms with Crippen LogP contribution in [0.1, 0.15) is 0 Å². The number of halogens is 1. The summed E-state index contributed by atoms with van der Waals surface area (Å²) in [5.41, 5.74) is 9.21. The van der Waals surface area contributed by atoms with Crippen LogP contribution in [-0.4, -0.2) is 9.97 Å². The van der Waals surface area contributed by atoms with Crippen molar-refractivity contribution in [3.05, 3.63) is 28.4 Å². The second kappa shape index (κ2) is 3.43. The first-order chi connectivity index (χ1) is 6.27. The highest BCUT2D eigenvalue weighted by Gasteiger charge is 2.05. The Morgan fingerprint density at radius 1 is 1.38 bits per heavy atom. The topological polar surface area (TPSA) is 51.8 Å². The molecule has 0 aliphatic carbocycles. The zero-order valence-electron chi connectivity index (χ0n) is 6.57. The van der Waals surface area contributed by atoms with Crippen molar-refractivity contribution in [1.29, 1.82) is 0 Å². The second-order valence-corrected chi connectivity index (χ2v) is 4.26. The van der Waals surface area contributed by atoms with Crippen LogP contribution >= 0.6 is 27.3 Å². The molecule has 2 heterocycles. The summed E-state index contributed by atoms with van der Waals surface area (Å²) in [5, 5.41) is 0.722. The lowest BCUT2D eigenvalue weighted by Crippen LogP contribution is -1.86. The Kier molecular flexibility index (Phi) is 2.28. The largest absolute Gasteiger partial charge is 0.389 e. The molecule has 2 aromatic rings. The number of anilines is 1. The van der Waals surface area contributed by atoms with Crippen LogP contribution in [-0.2, 0) is 0 Å². The van der Waals surface area contributed by atoms with E-state index in [9.17, 15) is 0 Å². The number of aromatic nitrogens is 2. The third kappa shape index (κ3) is 1.71. The highest BCUT2D eigenvalue weighted by molar-refractivity contribution is 9.10. The number of nitrogens with zero attached hydrogens (tertiary/aromatic N) is 2. The van der Waals surface area contributed by atoms with Gasteiger partial charge in [0.15, 0.2) is 0 Å². The number of hydrogen-bond acceptors (Lipinski definition) is 4. The van der Waals surface area contributed by atoms with Gasteiger partial charge in [0.1, 0.15) is 10.7 Å². The van der Waals surface area contributed by atoms with Gasteiger partial charge in [-0.15, -0.1) is 11.3 Å². The van der Waals surface area contributed by atoms with E-state index in [0.29, 0.717) is 0 Å². The average Bonchev–Trinajstić information content (AvgIpc) is 2.51. The van der Waals surface area contributed by atoms with Crippen LogP contribution in [0.5, 0.6) is 0 Å². The van der Waals surface area contributed by atoms with Gasteiger partial charge in [0.25, 0.3) is 0 Å². The van der Waals surface area contributed by atoms with E-state index in [4.69, 9.17) is 5.73 Å². The second-order valence-electron chi connectivity index (χ2n) is 2.46. The number of pyridine rings is 1. The molecule has 2 N–H and O–H groups in total. The molecule has 5 heteroatoms. The molecular weight excluding hydrogens is 250 g/mol. The van der Waals surface area contributed by atoms with E-state index >= 15 is 0 Å². The van der Waals surface area contributed by atoms with Gasteiger partial charge >= 0.3 is 0 Å². The Hall–Kier alpha value is -0.940. The molecule has 0 bridgehead atoms. The monoisotopic (exact) mass is 255 g/mol. The molecule has 0 unspecified atom stereocenters. The molecule has 0 aromatic carbocycles. The summed E-state index contributed by atoms with van der Waals surface area (Å²) in [5.74, 6) is 0. The van der Waals surface area contributed by atoms with Crippen molar-refractivity contribution >= 4 is 32.3 Å². The zero-order chi connectivity index (χ0) is 9.26. The molecule has 0 amide bonds. The van der Waals surface area contributed by atoms with E-state index in [1.165, 1.54) is 11.3 Å². The third-order valence-electron chi connectivity index (χ3n) is 1.57. The van der Waals surface area contributed by atoms with Crippen LogP contribution in [0.3, 0.4) is 0 Å². The maximum Gasteiger partial charge on any atom is 0.114 e. The van der Waals surface area contributed by atoms with Gasteiger partial charge in [0, 0.05) is 22.4 Å². The van der Waals surface area contributed by atoms with E-state index in [2.05, 4.69) is 25.9 Å². The van der Waals surface area contributed by atoms with Crippen molar-refractivity contribution in [2.24, 2.45) is 0 Å². The highest BCUT2D eigenvalue weighted by Crippen LogP contribution is 2.28. The standard InChI is InChI=1S/C8H6BrN3S/c9-6-1-5(2-11-3-6)7-8(10)13-4-12-7/h1-4H,10H2. The first-order valence-corrected chi connectivity index (χ1v) is 5.24. The maximum atomic E-state index is 5.74. The number of rotatable bonds is 1. The first kappa shape index (κ1) is 8.65. The summed E-state index contributed by atoms with van der Waals surface area (Å²) < 4.78 is 0.928. The summed E-state index contributed by atoms with van der Waals surface area (Å²) in [6, 6.07) is 1.94. The van der Waals surface area contributed by atoms with E-state index in [-0.39, 0.29) is 0 Å². The Bertz CT molecular complexity index is 427. The lowest BCUT2D eigenvalue weighted by Gasteiger charge is -1.97. The van der Waals surface area contributed by atoms with Gasteiger partial charge < -0.3 is 5.73 Å². The minimum absolute atomic E-state index is 0.722. The SMILES string of the molecule is Nc1scnc1-c1cncc(Br)c1. The van der Waals surface area contributed by atoms with Gasteiger partial charge in [-0.05, 0) is 22.0 Å². The number of hydrogen-bond donors (Lipinski definition) is 1.